The van der Waals surface area contributed by atoms with E-state index in [0.29, 0.717) is 11.3 Å². The van der Waals surface area contributed by atoms with Gasteiger partial charge in [0.25, 0.3) is 0 Å². The minimum absolute atomic E-state index is 0.434. The largest absolute Gasteiger partial charge is 0.495 e. The van der Waals surface area contributed by atoms with E-state index in [1.165, 1.54) is 37.7 Å². The van der Waals surface area contributed by atoms with Gasteiger partial charge in [-0.2, -0.15) is 0 Å². The second-order valence-electron chi connectivity index (χ2n) is 7.61. The Morgan fingerprint density at radius 2 is 2.10 bits per heavy atom. The molecule has 1 aromatic heterocycles. The molecule has 2 fully saturated rings. The van der Waals surface area contributed by atoms with Gasteiger partial charge in [-0.05, 0) is 67.5 Å². The van der Waals surface area contributed by atoms with Gasteiger partial charge < -0.3 is 10.1 Å². The summed E-state index contributed by atoms with van der Waals surface area (Å²) in [5.41, 5.74) is 1.79. The van der Waals surface area contributed by atoms with Crippen molar-refractivity contribution in [2.24, 2.45) is 11.3 Å². The monoisotopic (exact) mass is 288 g/mol. The van der Waals surface area contributed by atoms with E-state index in [4.69, 9.17) is 4.74 Å². The van der Waals surface area contributed by atoms with Crippen LogP contribution in [0.4, 0.5) is 0 Å². The van der Waals surface area contributed by atoms with Gasteiger partial charge >= 0.3 is 0 Å². The molecule has 1 aromatic rings. The zero-order valence-electron chi connectivity index (χ0n) is 13.6. The van der Waals surface area contributed by atoms with Gasteiger partial charge in [0.2, 0.25) is 0 Å². The van der Waals surface area contributed by atoms with E-state index in [-0.39, 0.29) is 0 Å². The highest BCUT2D eigenvalue weighted by Crippen LogP contribution is 2.47. The van der Waals surface area contributed by atoms with E-state index < -0.39 is 0 Å². The van der Waals surface area contributed by atoms with Crippen LogP contribution in [0.3, 0.4) is 0 Å². The molecule has 21 heavy (non-hydrogen) atoms. The lowest BCUT2D eigenvalue weighted by atomic mass is 9.65. The Labute approximate surface area is 128 Å². The van der Waals surface area contributed by atoms with Crippen LogP contribution in [0.5, 0.6) is 5.75 Å². The maximum atomic E-state index is 5.36. The van der Waals surface area contributed by atoms with Crippen LogP contribution < -0.4 is 10.1 Å². The molecule has 2 unspecified atom stereocenters. The molecule has 0 aliphatic heterocycles. The lowest BCUT2D eigenvalue weighted by molar-refractivity contribution is 0.159. The summed E-state index contributed by atoms with van der Waals surface area (Å²) in [6.45, 7) is 5.96. The molecule has 0 bridgehead atoms. The van der Waals surface area contributed by atoms with E-state index in [1.807, 2.05) is 6.20 Å². The van der Waals surface area contributed by atoms with Crippen molar-refractivity contribution in [3.05, 3.63) is 24.0 Å². The van der Waals surface area contributed by atoms with Crippen molar-refractivity contribution < 1.29 is 4.74 Å². The smallest absolute Gasteiger partial charge is 0.137 e. The maximum absolute atomic E-state index is 5.36. The molecule has 2 saturated carbocycles. The number of pyridine rings is 1. The van der Waals surface area contributed by atoms with Gasteiger partial charge in [0.05, 0.1) is 13.3 Å². The second kappa shape index (κ2) is 5.96. The molecule has 2 aliphatic carbocycles. The second-order valence-corrected chi connectivity index (χ2v) is 7.61. The molecule has 0 spiro atoms. The normalized spacial score (nSPS) is 28.3. The van der Waals surface area contributed by atoms with Gasteiger partial charge in [-0.25, -0.2) is 0 Å². The number of nitrogens with zero attached hydrogens (tertiary/aromatic N) is 1. The summed E-state index contributed by atoms with van der Waals surface area (Å²) < 4.78 is 5.36. The van der Waals surface area contributed by atoms with Crippen LogP contribution in [0.1, 0.15) is 57.4 Å². The molecular formula is C18H28N2O. The number of methoxy groups -OCH3 is 1. The predicted molar refractivity (Wildman–Crippen MR) is 85.7 cm³/mol. The SMILES string of the molecule is COc1cncc(C2CC(C)(C)CCC2CNC2CC2)c1. The van der Waals surface area contributed by atoms with E-state index in [2.05, 4.69) is 30.2 Å². The topological polar surface area (TPSA) is 34.1 Å². The third-order valence-electron chi connectivity index (χ3n) is 5.18. The number of hydrogen-bond donors (Lipinski definition) is 1. The zero-order chi connectivity index (χ0) is 14.9. The highest BCUT2D eigenvalue weighted by molar-refractivity contribution is 5.27. The lowest BCUT2D eigenvalue weighted by Gasteiger charge is -2.41. The molecule has 116 valence electrons. The van der Waals surface area contributed by atoms with Crippen molar-refractivity contribution in [2.45, 2.75) is 57.9 Å². The Balaban J connectivity index is 1.77. The summed E-state index contributed by atoms with van der Waals surface area (Å²) in [6.07, 6.45) is 10.5. The fourth-order valence-electron chi connectivity index (χ4n) is 3.63. The van der Waals surface area contributed by atoms with Crippen molar-refractivity contribution in [1.82, 2.24) is 10.3 Å². The predicted octanol–water partition coefficient (Wildman–Crippen LogP) is 3.75. The fourth-order valence-corrected chi connectivity index (χ4v) is 3.63. The summed E-state index contributed by atoms with van der Waals surface area (Å²) in [4.78, 5) is 4.38. The first-order valence-electron chi connectivity index (χ1n) is 8.30. The summed E-state index contributed by atoms with van der Waals surface area (Å²) >= 11 is 0. The molecular weight excluding hydrogens is 260 g/mol. The van der Waals surface area contributed by atoms with Crippen molar-refractivity contribution in [3.63, 3.8) is 0 Å². The van der Waals surface area contributed by atoms with Gasteiger partial charge in [-0.3, -0.25) is 4.98 Å². The maximum Gasteiger partial charge on any atom is 0.137 e. The van der Waals surface area contributed by atoms with Crippen LogP contribution in [-0.4, -0.2) is 24.7 Å². The molecule has 0 amide bonds. The molecule has 3 nitrogen and oxygen atoms in total. The van der Waals surface area contributed by atoms with Crippen LogP contribution in [0.2, 0.25) is 0 Å². The van der Waals surface area contributed by atoms with E-state index in [0.717, 1.165) is 24.3 Å². The zero-order valence-corrected chi connectivity index (χ0v) is 13.6. The first-order chi connectivity index (χ1) is 10.1. The van der Waals surface area contributed by atoms with Crippen LogP contribution in [0, 0.1) is 11.3 Å². The van der Waals surface area contributed by atoms with E-state index in [1.54, 1.807) is 13.3 Å². The molecule has 0 saturated heterocycles. The van der Waals surface area contributed by atoms with Crippen molar-refractivity contribution in [3.8, 4) is 5.75 Å². The molecule has 1 N–H and O–H groups in total. The third kappa shape index (κ3) is 3.76. The van der Waals surface area contributed by atoms with Gasteiger partial charge in [-0.1, -0.05) is 13.8 Å². The first-order valence-corrected chi connectivity index (χ1v) is 8.30. The third-order valence-corrected chi connectivity index (χ3v) is 5.18. The van der Waals surface area contributed by atoms with Gasteiger partial charge in [-0.15, -0.1) is 0 Å². The van der Waals surface area contributed by atoms with Crippen molar-refractivity contribution >= 4 is 0 Å². The lowest BCUT2D eigenvalue weighted by Crippen LogP contribution is -2.35. The van der Waals surface area contributed by atoms with Crippen LogP contribution >= 0.6 is 0 Å². The number of nitrogens with one attached hydrogen (secondary N) is 1. The Morgan fingerprint density at radius 3 is 2.81 bits per heavy atom. The molecule has 3 heteroatoms. The Hall–Kier alpha value is -1.09. The Morgan fingerprint density at radius 1 is 1.29 bits per heavy atom. The van der Waals surface area contributed by atoms with Crippen molar-refractivity contribution in [1.29, 1.82) is 0 Å². The molecule has 0 radical (unpaired) electrons. The molecule has 2 aliphatic rings. The fraction of sp³-hybridized carbons (Fsp3) is 0.722. The summed E-state index contributed by atoms with van der Waals surface area (Å²) in [7, 11) is 1.72. The standard InChI is InChI=1S/C18H28N2O/c1-18(2)7-6-13(11-20-15-4-5-15)17(9-18)14-8-16(21-3)12-19-10-14/h8,10,12-13,15,17,20H,4-7,9,11H2,1-3H3. The van der Waals surface area contributed by atoms with Gasteiger partial charge in [0.15, 0.2) is 0 Å². The average molecular weight is 288 g/mol. The summed E-state index contributed by atoms with van der Waals surface area (Å²) in [5.74, 6) is 2.21. The van der Waals surface area contributed by atoms with Crippen LogP contribution in [0.15, 0.2) is 18.5 Å². The number of hydrogen-bond acceptors (Lipinski definition) is 3. The molecule has 1 heterocycles. The summed E-state index contributed by atoms with van der Waals surface area (Å²) in [5, 5.41) is 3.73. The molecule has 0 aromatic carbocycles. The molecule has 3 rings (SSSR count). The highest BCUT2D eigenvalue weighted by atomic mass is 16.5. The minimum atomic E-state index is 0.434. The minimum Gasteiger partial charge on any atom is -0.495 e. The highest BCUT2D eigenvalue weighted by Gasteiger charge is 2.36. The van der Waals surface area contributed by atoms with Crippen LogP contribution in [0.25, 0.3) is 0 Å². The number of ether oxygens (including phenoxy) is 1. The average Bonchev–Trinajstić information content (AvgIpc) is 3.29. The van der Waals surface area contributed by atoms with Crippen molar-refractivity contribution in [2.75, 3.05) is 13.7 Å². The Kier molecular flexibility index (Phi) is 4.21. The summed E-state index contributed by atoms with van der Waals surface area (Å²) in [6, 6.07) is 2.98. The quantitative estimate of drug-likeness (QED) is 0.896. The van der Waals surface area contributed by atoms with E-state index in [9.17, 15) is 0 Å². The van der Waals surface area contributed by atoms with Gasteiger partial charge in [0.1, 0.15) is 5.75 Å². The van der Waals surface area contributed by atoms with E-state index >= 15 is 0 Å². The van der Waals surface area contributed by atoms with Gasteiger partial charge in [0, 0.05) is 12.2 Å². The molecule has 2 atom stereocenters. The number of rotatable bonds is 5. The Bertz CT molecular complexity index is 480. The van der Waals surface area contributed by atoms with Crippen LogP contribution in [-0.2, 0) is 0 Å². The first kappa shape index (κ1) is 14.8. The number of aromatic nitrogens is 1.